The molecule has 134 valence electrons. The minimum absolute atomic E-state index is 0.186. The average molecular weight is 341 g/mol. The molecule has 25 heavy (non-hydrogen) atoms. The Labute approximate surface area is 149 Å². The van der Waals surface area contributed by atoms with Gasteiger partial charge in [-0.2, -0.15) is 5.10 Å². The number of amides is 1. The third kappa shape index (κ3) is 3.47. The highest BCUT2D eigenvalue weighted by Crippen LogP contribution is 2.34. The maximum absolute atomic E-state index is 12.7. The van der Waals surface area contributed by atoms with Crippen LogP contribution in [0.3, 0.4) is 0 Å². The van der Waals surface area contributed by atoms with Crippen molar-refractivity contribution in [2.24, 2.45) is 7.05 Å². The highest BCUT2D eigenvalue weighted by atomic mass is 16.3. The Morgan fingerprint density at radius 3 is 2.80 bits per heavy atom. The Bertz CT molecular complexity index is 788. The van der Waals surface area contributed by atoms with Gasteiger partial charge in [0.1, 0.15) is 5.60 Å². The zero-order valence-corrected chi connectivity index (χ0v) is 15.5. The zero-order valence-electron chi connectivity index (χ0n) is 15.5. The molecule has 0 spiro atoms. The van der Waals surface area contributed by atoms with Gasteiger partial charge in [0.05, 0.1) is 17.8 Å². The summed E-state index contributed by atoms with van der Waals surface area (Å²) in [4.78, 5) is 12.7. The number of aryl methyl sites for hydroxylation is 2. The van der Waals surface area contributed by atoms with Crippen molar-refractivity contribution in [2.75, 3.05) is 6.54 Å². The summed E-state index contributed by atoms with van der Waals surface area (Å²) in [7, 11) is 1.82. The Balaban J connectivity index is 1.80. The molecule has 1 unspecified atom stereocenters. The highest BCUT2D eigenvalue weighted by molar-refractivity contribution is 5.95. The van der Waals surface area contributed by atoms with E-state index in [-0.39, 0.29) is 17.9 Å². The van der Waals surface area contributed by atoms with E-state index in [1.807, 2.05) is 46.0 Å². The fourth-order valence-corrected chi connectivity index (χ4v) is 3.61. The van der Waals surface area contributed by atoms with E-state index in [2.05, 4.69) is 16.5 Å². The largest absolute Gasteiger partial charge is 0.383 e. The molecular formula is C20H27N3O2. The maximum atomic E-state index is 12.7. The second kappa shape index (κ2) is 6.30. The lowest BCUT2D eigenvalue weighted by Gasteiger charge is -2.34. The van der Waals surface area contributed by atoms with Crippen molar-refractivity contribution in [3.63, 3.8) is 0 Å². The van der Waals surface area contributed by atoms with Gasteiger partial charge < -0.3 is 10.4 Å². The molecule has 1 aromatic heterocycles. The van der Waals surface area contributed by atoms with Crippen molar-refractivity contribution in [1.82, 2.24) is 15.1 Å². The van der Waals surface area contributed by atoms with Gasteiger partial charge in [-0.1, -0.05) is 45.0 Å². The predicted octanol–water partition coefficient (Wildman–Crippen LogP) is 2.67. The highest BCUT2D eigenvalue weighted by Gasteiger charge is 2.35. The van der Waals surface area contributed by atoms with E-state index in [4.69, 9.17) is 0 Å². The molecule has 5 nitrogen and oxygen atoms in total. The number of carbonyl (C=O) groups excluding carboxylic acids is 1. The molecule has 1 aromatic carbocycles. The minimum Gasteiger partial charge on any atom is -0.383 e. The molecule has 1 aliphatic carbocycles. The first kappa shape index (κ1) is 17.7. The maximum Gasteiger partial charge on any atom is 0.254 e. The molecule has 1 aliphatic rings. The number of fused-ring (bicyclic) bond motifs is 1. The van der Waals surface area contributed by atoms with Crippen LogP contribution in [0, 0.1) is 0 Å². The van der Waals surface area contributed by atoms with Gasteiger partial charge in [-0.25, -0.2) is 0 Å². The number of nitrogens with zero attached hydrogens (tertiary/aromatic N) is 2. The van der Waals surface area contributed by atoms with Crippen molar-refractivity contribution >= 4 is 5.91 Å². The summed E-state index contributed by atoms with van der Waals surface area (Å²) in [5.74, 6) is -0.186. The molecule has 2 N–H and O–H groups in total. The zero-order chi connectivity index (χ0) is 18.2. The van der Waals surface area contributed by atoms with Crippen molar-refractivity contribution in [3.8, 4) is 0 Å². The number of aromatic nitrogens is 2. The van der Waals surface area contributed by atoms with Crippen LogP contribution >= 0.6 is 0 Å². The number of carbonyl (C=O) groups is 1. The summed E-state index contributed by atoms with van der Waals surface area (Å²) in [6.07, 6.45) is 4.30. The van der Waals surface area contributed by atoms with Crippen LogP contribution in [0.25, 0.3) is 0 Å². The first-order chi connectivity index (χ1) is 11.7. The summed E-state index contributed by atoms with van der Waals surface area (Å²) in [5, 5.41) is 18.5. The van der Waals surface area contributed by atoms with Crippen molar-refractivity contribution in [2.45, 2.75) is 51.0 Å². The van der Waals surface area contributed by atoms with Crippen LogP contribution in [-0.4, -0.2) is 27.3 Å². The van der Waals surface area contributed by atoms with Crippen LogP contribution in [0.1, 0.15) is 60.8 Å². The lowest BCUT2D eigenvalue weighted by molar-refractivity contribution is 0.0189. The molecule has 0 saturated heterocycles. The SMILES string of the molecule is Cn1cc(C(=O)NCC2(O)CCCc3ccccc32)c(C(C)(C)C)n1. The van der Waals surface area contributed by atoms with E-state index < -0.39 is 5.60 Å². The molecule has 0 aliphatic heterocycles. The standard InChI is InChI=1S/C20H27N3O2/c1-19(2,3)17-15(12-23(4)22-17)18(24)21-13-20(25)11-7-9-14-8-5-6-10-16(14)20/h5-6,8,10,12,25H,7,9,11,13H2,1-4H3,(H,21,24). The predicted molar refractivity (Wildman–Crippen MR) is 97.5 cm³/mol. The molecule has 0 radical (unpaired) electrons. The molecule has 3 rings (SSSR count). The lowest BCUT2D eigenvalue weighted by atomic mass is 9.79. The van der Waals surface area contributed by atoms with Crippen LogP contribution in [-0.2, 0) is 24.5 Å². The van der Waals surface area contributed by atoms with Crippen molar-refractivity contribution < 1.29 is 9.90 Å². The summed E-state index contributed by atoms with van der Waals surface area (Å²) in [6.45, 7) is 6.33. The molecule has 1 amide bonds. The molecule has 2 aromatic rings. The van der Waals surface area contributed by atoms with Gasteiger partial charge in [-0.05, 0) is 30.4 Å². The quantitative estimate of drug-likeness (QED) is 0.902. The van der Waals surface area contributed by atoms with E-state index in [0.29, 0.717) is 12.0 Å². The Kier molecular flexibility index (Phi) is 4.45. The van der Waals surface area contributed by atoms with Gasteiger partial charge in [0, 0.05) is 18.7 Å². The second-order valence-electron chi connectivity index (χ2n) is 8.04. The van der Waals surface area contributed by atoms with Crippen LogP contribution in [0.5, 0.6) is 0 Å². The number of hydrogen-bond donors (Lipinski definition) is 2. The Morgan fingerprint density at radius 1 is 1.36 bits per heavy atom. The molecule has 0 fully saturated rings. The molecule has 0 bridgehead atoms. The third-order valence-corrected chi connectivity index (χ3v) is 4.88. The normalized spacial score (nSPS) is 20.2. The molecule has 1 heterocycles. The number of nitrogens with one attached hydrogen (secondary N) is 1. The summed E-state index contributed by atoms with van der Waals surface area (Å²) >= 11 is 0. The monoisotopic (exact) mass is 341 g/mol. The van der Waals surface area contributed by atoms with Crippen molar-refractivity contribution in [1.29, 1.82) is 0 Å². The smallest absolute Gasteiger partial charge is 0.254 e. The number of aliphatic hydroxyl groups is 1. The fourth-order valence-electron chi connectivity index (χ4n) is 3.61. The van der Waals surface area contributed by atoms with Gasteiger partial charge in [-0.3, -0.25) is 9.48 Å². The molecule has 0 saturated carbocycles. The lowest BCUT2D eigenvalue weighted by Crippen LogP contribution is -2.43. The Hall–Kier alpha value is -2.14. The van der Waals surface area contributed by atoms with Crippen LogP contribution in [0.2, 0.25) is 0 Å². The van der Waals surface area contributed by atoms with Crippen LogP contribution in [0.15, 0.2) is 30.5 Å². The molecule has 1 atom stereocenters. The number of benzene rings is 1. The van der Waals surface area contributed by atoms with Gasteiger partial charge in [0.2, 0.25) is 0 Å². The molecule has 5 heteroatoms. The van der Waals surface area contributed by atoms with E-state index in [1.165, 1.54) is 5.56 Å². The minimum atomic E-state index is -1.01. The van der Waals surface area contributed by atoms with Gasteiger partial charge in [0.25, 0.3) is 5.91 Å². The van der Waals surface area contributed by atoms with E-state index >= 15 is 0 Å². The second-order valence-corrected chi connectivity index (χ2v) is 8.04. The van der Waals surface area contributed by atoms with E-state index in [1.54, 1.807) is 10.9 Å². The van der Waals surface area contributed by atoms with Gasteiger partial charge >= 0.3 is 0 Å². The molecular weight excluding hydrogens is 314 g/mol. The number of hydrogen-bond acceptors (Lipinski definition) is 3. The third-order valence-electron chi connectivity index (χ3n) is 4.88. The van der Waals surface area contributed by atoms with Gasteiger partial charge in [0.15, 0.2) is 0 Å². The summed E-state index contributed by atoms with van der Waals surface area (Å²) < 4.78 is 1.67. The number of rotatable bonds is 3. The topological polar surface area (TPSA) is 67.2 Å². The summed E-state index contributed by atoms with van der Waals surface area (Å²) in [5.41, 5.74) is 2.22. The Morgan fingerprint density at radius 2 is 2.08 bits per heavy atom. The average Bonchev–Trinajstić information content (AvgIpc) is 2.96. The van der Waals surface area contributed by atoms with Crippen LogP contribution < -0.4 is 5.32 Å². The first-order valence-corrected chi connectivity index (χ1v) is 8.84. The van der Waals surface area contributed by atoms with Crippen LogP contribution in [0.4, 0.5) is 0 Å². The van der Waals surface area contributed by atoms with Crippen molar-refractivity contribution in [3.05, 3.63) is 52.8 Å². The van der Waals surface area contributed by atoms with E-state index in [9.17, 15) is 9.90 Å². The summed E-state index contributed by atoms with van der Waals surface area (Å²) in [6, 6.07) is 7.95. The van der Waals surface area contributed by atoms with Gasteiger partial charge in [-0.15, -0.1) is 0 Å². The first-order valence-electron chi connectivity index (χ1n) is 8.84. The fraction of sp³-hybridized carbons (Fsp3) is 0.500. The van der Waals surface area contributed by atoms with E-state index in [0.717, 1.165) is 24.1 Å².